The molecule has 4 aromatic rings. The lowest BCUT2D eigenvalue weighted by Crippen LogP contribution is -2.28. The summed E-state index contributed by atoms with van der Waals surface area (Å²) in [6, 6.07) is 21.3. The van der Waals surface area contributed by atoms with Crippen LogP contribution in [0, 0.1) is 5.82 Å². The lowest BCUT2D eigenvalue weighted by molar-refractivity contribution is 0.0535. The molecule has 4 rings (SSSR count). The molecule has 0 amide bonds. The molecule has 0 radical (unpaired) electrons. The van der Waals surface area contributed by atoms with Crippen LogP contribution in [0.5, 0.6) is 5.75 Å². The molecule has 6 heteroatoms. The Kier molecular flexibility index (Phi) is 5.94. The third kappa shape index (κ3) is 4.94. The molecule has 1 aromatic heterocycles. The second kappa shape index (κ2) is 8.67. The Morgan fingerprint density at radius 1 is 0.969 bits per heavy atom. The summed E-state index contributed by atoms with van der Waals surface area (Å²) in [5, 5.41) is 1.40. The number of nitrogens with zero attached hydrogens (tertiary/aromatic N) is 1. The molecular weight excluding hydrogens is 429 g/mol. The number of halogens is 2. The molecule has 0 spiro atoms. The van der Waals surface area contributed by atoms with Crippen molar-refractivity contribution in [2.24, 2.45) is 0 Å². The minimum absolute atomic E-state index is 0.117. The fourth-order valence-corrected chi connectivity index (χ4v) is 3.62. The quantitative estimate of drug-likeness (QED) is 0.323. The van der Waals surface area contributed by atoms with E-state index < -0.39 is 17.5 Å². The van der Waals surface area contributed by atoms with Crippen molar-refractivity contribution in [3.05, 3.63) is 89.3 Å². The van der Waals surface area contributed by atoms with Crippen molar-refractivity contribution in [1.29, 1.82) is 0 Å². The van der Waals surface area contributed by atoms with Gasteiger partial charge in [0, 0.05) is 10.4 Å². The van der Waals surface area contributed by atoms with Gasteiger partial charge in [0.05, 0.1) is 11.2 Å². The van der Waals surface area contributed by atoms with Gasteiger partial charge in [0.1, 0.15) is 23.8 Å². The predicted molar refractivity (Wildman–Crippen MR) is 125 cm³/mol. The van der Waals surface area contributed by atoms with Crippen LogP contribution in [0.25, 0.3) is 22.0 Å². The fraction of sp³-hybridized carbons (Fsp3) is 0.192. The highest BCUT2D eigenvalue weighted by Gasteiger charge is 2.22. The zero-order valence-electron chi connectivity index (χ0n) is 18.1. The van der Waals surface area contributed by atoms with E-state index in [1.807, 2.05) is 48.5 Å². The van der Waals surface area contributed by atoms with Gasteiger partial charge in [-0.05, 0) is 80.4 Å². The zero-order valence-corrected chi connectivity index (χ0v) is 18.8. The van der Waals surface area contributed by atoms with E-state index in [1.165, 1.54) is 16.7 Å². The van der Waals surface area contributed by atoms with Gasteiger partial charge in [0.15, 0.2) is 0 Å². The van der Waals surface area contributed by atoms with Crippen LogP contribution < -0.4 is 4.74 Å². The summed E-state index contributed by atoms with van der Waals surface area (Å²) in [4.78, 5) is 12.9. The van der Waals surface area contributed by atoms with Crippen molar-refractivity contribution in [2.75, 3.05) is 0 Å². The van der Waals surface area contributed by atoms with E-state index in [0.717, 1.165) is 16.5 Å². The largest absolute Gasteiger partial charge is 0.487 e. The van der Waals surface area contributed by atoms with Gasteiger partial charge in [0.2, 0.25) is 0 Å². The van der Waals surface area contributed by atoms with Crippen molar-refractivity contribution >= 4 is 28.6 Å². The molecule has 0 bridgehead atoms. The second-order valence-electron chi connectivity index (χ2n) is 8.48. The summed E-state index contributed by atoms with van der Waals surface area (Å²) in [6.07, 6.45) is -0.576. The Balaban J connectivity index is 1.59. The lowest BCUT2D eigenvalue weighted by Gasteiger charge is -2.21. The highest BCUT2D eigenvalue weighted by molar-refractivity contribution is 6.30. The van der Waals surface area contributed by atoms with Crippen LogP contribution in [0.2, 0.25) is 5.02 Å². The number of ether oxygens (including phenoxy) is 2. The number of fused-ring (bicyclic) bond motifs is 1. The van der Waals surface area contributed by atoms with Crippen LogP contribution in [0.1, 0.15) is 26.5 Å². The zero-order chi connectivity index (χ0) is 22.9. The normalized spacial score (nSPS) is 11.5. The first-order chi connectivity index (χ1) is 15.2. The van der Waals surface area contributed by atoms with Crippen molar-refractivity contribution in [3.8, 4) is 16.9 Å². The summed E-state index contributed by atoms with van der Waals surface area (Å²) >= 11 is 6.08. The molecule has 164 valence electrons. The Labute approximate surface area is 191 Å². The van der Waals surface area contributed by atoms with Gasteiger partial charge in [-0.3, -0.25) is 0 Å². The van der Waals surface area contributed by atoms with E-state index >= 15 is 0 Å². The SMILES string of the molecule is CC(C)(C)OC(=O)n1c(COc2ccc(-c3cccc(Cl)c3)cc2)cc2ccc(F)cc21. The molecule has 0 aliphatic rings. The highest BCUT2D eigenvalue weighted by Crippen LogP contribution is 2.27. The average molecular weight is 452 g/mol. The monoisotopic (exact) mass is 451 g/mol. The highest BCUT2D eigenvalue weighted by atomic mass is 35.5. The molecule has 32 heavy (non-hydrogen) atoms. The molecule has 0 saturated heterocycles. The summed E-state index contributed by atoms with van der Waals surface area (Å²) in [5.74, 6) is 0.215. The number of hydrogen-bond acceptors (Lipinski definition) is 3. The number of carbonyl (C=O) groups is 1. The van der Waals surface area contributed by atoms with E-state index in [-0.39, 0.29) is 6.61 Å². The second-order valence-corrected chi connectivity index (χ2v) is 8.91. The van der Waals surface area contributed by atoms with E-state index in [0.29, 0.717) is 22.0 Å². The van der Waals surface area contributed by atoms with Crippen LogP contribution in [0.4, 0.5) is 9.18 Å². The summed E-state index contributed by atoms with van der Waals surface area (Å²) in [7, 11) is 0. The fourth-order valence-electron chi connectivity index (χ4n) is 3.43. The Morgan fingerprint density at radius 3 is 2.41 bits per heavy atom. The van der Waals surface area contributed by atoms with E-state index in [4.69, 9.17) is 21.1 Å². The average Bonchev–Trinajstić information content (AvgIpc) is 3.09. The van der Waals surface area contributed by atoms with Gasteiger partial charge >= 0.3 is 6.09 Å². The van der Waals surface area contributed by atoms with E-state index in [1.54, 1.807) is 32.9 Å². The van der Waals surface area contributed by atoms with Crippen LogP contribution in [0.3, 0.4) is 0 Å². The van der Waals surface area contributed by atoms with Crippen molar-refractivity contribution in [1.82, 2.24) is 4.57 Å². The number of rotatable bonds is 4. The van der Waals surface area contributed by atoms with Crippen LogP contribution in [-0.4, -0.2) is 16.3 Å². The topological polar surface area (TPSA) is 40.5 Å². The van der Waals surface area contributed by atoms with Crippen LogP contribution in [0.15, 0.2) is 72.8 Å². The van der Waals surface area contributed by atoms with E-state index in [9.17, 15) is 9.18 Å². The van der Waals surface area contributed by atoms with Crippen molar-refractivity contribution in [3.63, 3.8) is 0 Å². The molecule has 0 atom stereocenters. The molecule has 0 saturated carbocycles. The number of benzene rings is 3. The van der Waals surface area contributed by atoms with Gasteiger partial charge < -0.3 is 9.47 Å². The lowest BCUT2D eigenvalue weighted by atomic mass is 10.1. The number of hydrogen-bond donors (Lipinski definition) is 0. The number of aromatic nitrogens is 1. The first-order valence-corrected chi connectivity index (χ1v) is 10.6. The maximum Gasteiger partial charge on any atom is 0.419 e. The predicted octanol–water partition coefficient (Wildman–Crippen LogP) is 7.46. The molecule has 3 aromatic carbocycles. The van der Waals surface area contributed by atoms with Gasteiger partial charge in [-0.25, -0.2) is 13.8 Å². The first kappa shape index (κ1) is 21.9. The summed E-state index contributed by atoms with van der Waals surface area (Å²) < 4.78 is 26.7. The van der Waals surface area contributed by atoms with E-state index in [2.05, 4.69) is 0 Å². The van der Waals surface area contributed by atoms with Gasteiger partial charge in [-0.15, -0.1) is 0 Å². The Morgan fingerprint density at radius 2 is 1.72 bits per heavy atom. The molecule has 0 unspecified atom stereocenters. The summed E-state index contributed by atoms with van der Waals surface area (Å²) in [5.41, 5.74) is 2.34. The molecule has 4 nitrogen and oxygen atoms in total. The molecule has 0 N–H and O–H groups in total. The molecule has 0 fully saturated rings. The molecule has 0 aliphatic heterocycles. The third-order valence-corrected chi connectivity index (χ3v) is 5.05. The van der Waals surface area contributed by atoms with Crippen molar-refractivity contribution < 1.29 is 18.7 Å². The minimum Gasteiger partial charge on any atom is -0.487 e. The van der Waals surface area contributed by atoms with Gasteiger partial charge in [0.25, 0.3) is 0 Å². The molecule has 1 heterocycles. The van der Waals surface area contributed by atoms with Gasteiger partial charge in [-0.1, -0.05) is 35.9 Å². The number of carbonyl (C=O) groups excluding carboxylic acids is 1. The van der Waals surface area contributed by atoms with Crippen molar-refractivity contribution in [2.45, 2.75) is 33.0 Å². The first-order valence-electron chi connectivity index (χ1n) is 10.2. The smallest absolute Gasteiger partial charge is 0.419 e. The maximum absolute atomic E-state index is 13.9. The maximum atomic E-state index is 13.9. The Bertz CT molecular complexity index is 1270. The standard InChI is InChI=1S/C26H23ClFNO3/c1-26(2,3)32-25(30)29-22(14-19-7-10-21(28)15-24(19)29)16-31-23-11-8-17(9-12-23)18-5-4-6-20(27)13-18/h4-15H,16H2,1-3H3. The van der Waals surface area contributed by atoms with Gasteiger partial charge in [-0.2, -0.15) is 0 Å². The minimum atomic E-state index is -0.685. The molecule has 0 aliphatic carbocycles. The molecular formula is C26H23ClFNO3. The van der Waals surface area contributed by atoms with Crippen LogP contribution >= 0.6 is 11.6 Å². The van der Waals surface area contributed by atoms with Crippen LogP contribution in [-0.2, 0) is 11.3 Å². The summed E-state index contributed by atoms with van der Waals surface area (Å²) in [6.45, 7) is 5.48. The third-order valence-electron chi connectivity index (χ3n) is 4.82. The Hall–Kier alpha value is -3.31.